The van der Waals surface area contributed by atoms with Gasteiger partial charge in [0.05, 0.1) is 11.2 Å². The van der Waals surface area contributed by atoms with Crippen LogP contribution in [0.5, 0.6) is 0 Å². The zero-order valence-corrected chi connectivity index (χ0v) is 10.4. The van der Waals surface area contributed by atoms with E-state index in [-0.39, 0.29) is 12.5 Å². The van der Waals surface area contributed by atoms with Crippen LogP contribution in [0.2, 0.25) is 0 Å². The molecule has 1 atom stereocenters. The summed E-state index contributed by atoms with van der Waals surface area (Å²) in [4.78, 5) is 11.0. The second-order valence-electron chi connectivity index (χ2n) is 4.89. The Morgan fingerprint density at radius 2 is 2.16 bits per heavy atom. The summed E-state index contributed by atoms with van der Waals surface area (Å²) in [7, 11) is 0. The molecule has 19 heavy (non-hydrogen) atoms. The fourth-order valence-corrected chi connectivity index (χ4v) is 2.03. The van der Waals surface area contributed by atoms with Crippen molar-refractivity contribution in [2.75, 3.05) is 13.2 Å². The number of halogens is 3. The summed E-state index contributed by atoms with van der Waals surface area (Å²) in [6.45, 7) is 2.00. The van der Waals surface area contributed by atoms with Gasteiger partial charge in [0.1, 0.15) is 6.61 Å². The third-order valence-corrected chi connectivity index (χ3v) is 3.04. The Hall–Kier alpha value is -1.56. The van der Waals surface area contributed by atoms with Crippen molar-refractivity contribution in [1.82, 2.24) is 5.32 Å². The van der Waals surface area contributed by atoms with Gasteiger partial charge in [-0.15, -0.1) is 0 Å². The summed E-state index contributed by atoms with van der Waals surface area (Å²) in [6, 6.07) is 5.16. The van der Waals surface area contributed by atoms with Crippen LogP contribution in [-0.2, 0) is 22.1 Å². The van der Waals surface area contributed by atoms with Crippen LogP contribution in [0.1, 0.15) is 18.1 Å². The number of rotatable bonds is 2. The average Bonchev–Trinajstić information content (AvgIpc) is 2.33. The molecule has 104 valence electrons. The minimum Gasteiger partial charge on any atom is -0.363 e. The molecule has 2 rings (SSSR count). The molecule has 0 saturated carbocycles. The molecule has 1 heterocycles. The van der Waals surface area contributed by atoms with E-state index in [4.69, 9.17) is 4.74 Å². The van der Waals surface area contributed by atoms with Crippen LogP contribution in [0.3, 0.4) is 0 Å². The third-order valence-electron chi connectivity index (χ3n) is 3.04. The molecule has 1 fully saturated rings. The standard InChI is InChI=1S/C13H14F3NO2/c1-12(8-17-11(18)7-19-12)6-9-3-2-4-10(5-9)13(14,15)16/h2-5H,6-8H2,1H3,(H,17,18). The Morgan fingerprint density at radius 3 is 2.74 bits per heavy atom. The van der Waals surface area contributed by atoms with Gasteiger partial charge in [-0.25, -0.2) is 0 Å². The van der Waals surface area contributed by atoms with Crippen molar-refractivity contribution in [3.8, 4) is 0 Å². The Balaban J connectivity index is 2.13. The maximum Gasteiger partial charge on any atom is 0.416 e. The van der Waals surface area contributed by atoms with Crippen molar-refractivity contribution in [3.63, 3.8) is 0 Å². The molecule has 0 bridgehead atoms. The molecule has 3 nitrogen and oxygen atoms in total. The predicted octanol–water partition coefficient (Wildman–Crippen LogP) is 2.15. The van der Waals surface area contributed by atoms with Gasteiger partial charge in [-0.05, 0) is 18.6 Å². The third kappa shape index (κ3) is 3.47. The number of amides is 1. The van der Waals surface area contributed by atoms with Crippen LogP contribution in [0, 0.1) is 0 Å². The molecule has 0 radical (unpaired) electrons. The highest BCUT2D eigenvalue weighted by Crippen LogP contribution is 2.30. The number of carbonyl (C=O) groups excluding carboxylic acids is 1. The molecule has 1 unspecified atom stereocenters. The number of hydrogen-bond acceptors (Lipinski definition) is 2. The zero-order valence-electron chi connectivity index (χ0n) is 10.4. The normalized spacial score (nSPS) is 24.1. The molecule has 1 aromatic carbocycles. The maximum atomic E-state index is 12.6. The lowest BCUT2D eigenvalue weighted by Gasteiger charge is -2.34. The molecule has 0 aliphatic carbocycles. The molecular weight excluding hydrogens is 259 g/mol. The fourth-order valence-electron chi connectivity index (χ4n) is 2.03. The lowest BCUT2D eigenvalue weighted by atomic mass is 9.94. The smallest absolute Gasteiger partial charge is 0.363 e. The van der Waals surface area contributed by atoms with E-state index < -0.39 is 17.3 Å². The second-order valence-corrected chi connectivity index (χ2v) is 4.89. The highest BCUT2D eigenvalue weighted by molar-refractivity contribution is 5.78. The van der Waals surface area contributed by atoms with Gasteiger partial charge in [0.25, 0.3) is 0 Å². The van der Waals surface area contributed by atoms with E-state index >= 15 is 0 Å². The summed E-state index contributed by atoms with van der Waals surface area (Å²) in [5.41, 5.74) is -0.806. The summed E-state index contributed by atoms with van der Waals surface area (Å²) in [5.74, 6) is -0.207. The van der Waals surface area contributed by atoms with E-state index in [0.717, 1.165) is 12.1 Å². The summed E-state index contributed by atoms with van der Waals surface area (Å²) < 4.78 is 43.2. The van der Waals surface area contributed by atoms with Crippen molar-refractivity contribution in [3.05, 3.63) is 35.4 Å². The molecule has 1 aromatic rings. The van der Waals surface area contributed by atoms with Crippen LogP contribution < -0.4 is 5.32 Å². The van der Waals surface area contributed by atoms with Crippen LogP contribution in [0.4, 0.5) is 13.2 Å². The first-order valence-corrected chi connectivity index (χ1v) is 5.85. The second kappa shape index (κ2) is 4.85. The lowest BCUT2D eigenvalue weighted by Crippen LogP contribution is -2.51. The van der Waals surface area contributed by atoms with Gasteiger partial charge in [0.2, 0.25) is 5.91 Å². The van der Waals surface area contributed by atoms with Gasteiger partial charge in [0.15, 0.2) is 0 Å². The van der Waals surface area contributed by atoms with Crippen LogP contribution in [0.15, 0.2) is 24.3 Å². The minimum absolute atomic E-state index is 0.0601. The average molecular weight is 273 g/mol. The number of hydrogen-bond donors (Lipinski definition) is 1. The topological polar surface area (TPSA) is 38.3 Å². The summed E-state index contributed by atoms with van der Waals surface area (Å²) in [6.07, 6.45) is -4.03. The van der Waals surface area contributed by atoms with Gasteiger partial charge in [-0.2, -0.15) is 13.2 Å². The number of benzene rings is 1. The molecule has 6 heteroatoms. The first-order valence-electron chi connectivity index (χ1n) is 5.85. The van der Waals surface area contributed by atoms with Gasteiger partial charge in [-0.1, -0.05) is 18.2 Å². The quantitative estimate of drug-likeness (QED) is 0.896. The van der Waals surface area contributed by atoms with Crippen LogP contribution in [0.25, 0.3) is 0 Å². The van der Waals surface area contributed by atoms with Crippen LogP contribution >= 0.6 is 0 Å². The van der Waals surface area contributed by atoms with Crippen molar-refractivity contribution >= 4 is 5.91 Å². The Bertz CT molecular complexity index is 475. The first-order chi connectivity index (χ1) is 8.78. The maximum absolute atomic E-state index is 12.6. The van der Waals surface area contributed by atoms with Crippen molar-refractivity contribution < 1.29 is 22.7 Å². The minimum atomic E-state index is -4.35. The van der Waals surface area contributed by atoms with Gasteiger partial charge >= 0.3 is 6.18 Å². The number of ether oxygens (including phenoxy) is 1. The Morgan fingerprint density at radius 1 is 1.42 bits per heavy atom. The van der Waals surface area contributed by atoms with Crippen LogP contribution in [-0.4, -0.2) is 24.7 Å². The molecule has 1 N–H and O–H groups in total. The molecule has 1 aliphatic rings. The Labute approximate surface area is 108 Å². The molecule has 0 aromatic heterocycles. The van der Waals surface area contributed by atoms with E-state index in [1.54, 1.807) is 13.0 Å². The van der Waals surface area contributed by atoms with E-state index in [0.29, 0.717) is 18.5 Å². The van der Waals surface area contributed by atoms with Gasteiger partial charge in [0, 0.05) is 13.0 Å². The lowest BCUT2D eigenvalue weighted by molar-refractivity contribution is -0.141. The SMILES string of the molecule is CC1(Cc2cccc(C(F)(F)F)c2)CNC(=O)CO1. The van der Waals surface area contributed by atoms with Crippen molar-refractivity contribution in [2.24, 2.45) is 0 Å². The largest absolute Gasteiger partial charge is 0.416 e. The highest BCUT2D eigenvalue weighted by Gasteiger charge is 2.33. The molecule has 1 saturated heterocycles. The number of alkyl halides is 3. The van der Waals surface area contributed by atoms with E-state index in [1.807, 2.05) is 0 Å². The fraction of sp³-hybridized carbons (Fsp3) is 0.462. The first kappa shape index (κ1) is 13.9. The Kier molecular flexibility index (Phi) is 3.54. The van der Waals surface area contributed by atoms with E-state index in [1.165, 1.54) is 6.07 Å². The van der Waals surface area contributed by atoms with Crippen molar-refractivity contribution in [2.45, 2.75) is 25.1 Å². The molecular formula is C13H14F3NO2. The van der Waals surface area contributed by atoms with Gasteiger partial charge < -0.3 is 10.1 Å². The number of carbonyl (C=O) groups is 1. The van der Waals surface area contributed by atoms with E-state index in [9.17, 15) is 18.0 Å². The molecule has 1 amide bonds. The zero-order chi connectivity index (χ0) is 14.1. The number of morpholine rings is 1. The van der Waals surface area contributed by atoms with E-state index in [2.05, 4.69) is 5.32 Å². The molecule has 0 spiro atoms. The van der Waals surface area contributed by atoms with Gasteiger partial charge in [-0.3, -0.25) is 4.79 Å². The summed E-state index contributed by atoms with van der Waals surface area (Å²) >= 11 is 0. The predicted molar refractivity (Wildman–Crippen MR) is 62.5 cm³/mol. The monoisotopic (exact) mass is 273 g/mol. The van der Waals surface area contributed by atoms with Crippen molar-refractivity contribution in [1.29, 1.82) is 0 Å². The highest BCUT2D eigenvalue weighted by atomic mass is 19.4. The number of nitrogens with one attached hydrogen (secondary N) is 1. The summed E-state index contributed by atoms with van der Waals surface area (Å²) in [5, 5.41) is 2.65. The molecule has 1 aliphatic heterocycles.